The van der Waals surface area contributed by atoms with Crippen molar-refractivity contribution in [3.63, 3.8) is 0 Å². The lowest BCUT2D eigenvalue weighted by molar-refractivity contribution is 0.475. The highest BCUT2D eigenvalue weighted by atomic mass is 16.4. The maximum atomic E-state index is 9.07. The van der Waals surface area contributed by atoms with Gasteiger partial charge in [0, 0.05) is 5.56 Å². The maximum Gasteiger partial charge on any atom is 0.247 e. The molecule has 0 saturated heterocycles. The number of hydrogen-bond donors (Lipinski definition) is 2. The summed E-state index contributed by atoms with van der Waals surface area (Å²) in [4.78, 5) is 0. The maximum absolute atomic E-state index is 9.07. The van der Waals surface area contributed by atoms with E-state index in [0.29, 0.717) is 11.8 Å². The van der Waals surface area contributed by atoms with Gasteiger partial charge in [0.05, 0.1) is 6.54 Å². The second kappa shape index (κ2) is 3.47. The summed E-state index contributed by atoms with van der Waals surface area (Å²) in [5, 5.41) is 16.6. The molecule has 0 aliphatic heterocycles. The molecule has 14 heavy (non-hydrogen) atoms. The van der Waals surface area contributed by atoms with Gasteiger partial charge in [-0.3, -0.25) is 0 Å². The normalized spacial score (nSPS) is 10.4. The zero-order valence-electron chi connectivity index (χ0n) is 7.34. The van der Waals surface area contributed by atoms with E-state index in [-0.39, 0.29) is 12.3 Å². The van der Waals surface area contributed by atoms with Crippen LogP contribution in [0.2, 0.25) is 0 Å². The summed E-state index contributed by atoms with van der Waals surface area (Å²) >= 11 is 0. The summed E-state index contributed by atoms with van der Waals surface area (Å²) in [6.45, 7) is 0.227. The standard InChI is InChI=1S/C9H9N3O2/c10-5-8-11-12-9(14-8)6-1-3-7(13)4-2-6/h1-4,13H,5,10H2. The largest absolute Gasteiger partial charge is 0.508 e. The zero-order valence-corrected chi connectivity index (χ0v) is 7.34. The van der Waals surface area contributed by atoms with Crippen LogP contribution in [0.3, 0.4) is 0 Å². The van der Waals surface area contributed by atoms with Crippen LogP contribution in [0, 0.1) is 0 Å². The van der Waals surface area contributed by atoms with Gasteiger partial charge in [-0.05, 0) is 24.3 Å². The van der Waals surface area contributed by atoms with Crippen molar-refractivity contribution in [3.05, 3.63) is 30.2 Å². The van der Waals surface area contributed by atoms with Crippen LogP contribution in [0.4, 0.5) is 0 Å². The van der Waals surface area contributed by atoms with Gasteiger partial charge in [-0.1, -0.05) is 0 Å². The number of nitrogens with two attached hydrogens (primary N) is 1. The van der Waals surface area contributed by atoms with Gasteiger partial charge >= 0.3 is 0 Å². The number of phenols is 1. The molecular weight excluding hydrogens is 182 g/mol. The van der Waals surface area contributed by atoms with Gasteiger partial charge in [0.15, 0.2) is 0 Å². The fourth-order valence-electron chi connectivity index (χ4n) is 1.06. The summed E-state index contributed by atoms with van der Waals surface area (Å²) in [5.74, 6) is 1.01. The van der Waals surface area contributed by atoms with Gasteiger partial charge in [0.25, 0.3) is 0 Å². The zero-order chi connectivity index (χ0) is 9.97. The fraction of sp³-hybridized carbons (Fsp3) is 0.111. The van der Waals surface area contributed by atoms with Crippen LogP contribution in [0.25, 0.3) is 11.5 Å². The monoisotopic (exact) mass is 191 g/mol. The Morgan fingerprint density at radius 2 is 1.93 bits per heavy atom. The number of nitrogens with zero attached hydrogens (tertiary/aromatic N) is 2. The van der Waals surface area contributed by atoms with E-state index in [4.69, 9.17) is 15.3 Å². The molecule has 2 aromatic rings. The topological polar surface area (TPSA) is 85.2 Å². The molecule has 0 aliphatic carbocycles. The van der Waals surface area contributed by atoms with Crippen molar-refractivity contribution in [3.8, 4) is 17.2 Å². The number of hydrogen-bond acceptors (Lipinski definition) is 5. The van der Waals surface area contributed by atoms with Crippen LogP contribution in [-0.4, -0.2) is 15.3 Å². The fourth-order valence-corrected chi connectivity index (χ4v) is 1.06. The van der Waals surface area contributed by atoms with Crippen molar-refractivity contribution in [1.82, 2.24) is 10.2 Å². The van der Waals surface area contributed by atoms with E-state index in [0.717, 1.165) is 5.56 Å². The second-order valence-corrected chi connectivity index (χ2v) is 2.75. The molecule has 0 radical (unpaired) electrons. The summed E-state index contributed by atoms with van der Waals surface area (Å²) in [7, 11) is 0. The smallest absolute Gasteiger partial charge is 0.247 e. The summed E-state index contributed by atoms with van der Waals surface area (Å²) in [5.41, 5.74) is 6.09. The molecule has 0 saturated carbocycles. The number of aromatic hydroxyl groups is 1. The molecule has 0 unspecified atom stereocenters. The van der Waals surface area contributed by atoms with Gasteiger partial charge in [-0.15, -0.1) is 10.2 Å². The van der Waals surface area contributed by atoms with Crippen molar-refractivity contribution in [1.29, 1.82) is 0 Å². The first-order valence-corrected chi connectivity index (χ1v) is 4.11. The quantitative estimate of drug-likeness (QED) is 0.736. The van der Waals surface area contributed by atoms with E-state index in [9.17, 15) is 0 Å². The summed E-state index contributed by atoms with van der Waals surface area (Å²) in [6.07, 6.45) is 0. The Morgan fingerprint density at radius 3 is 2.50 bits per heavy atom. The van der Waals surface area contributed by atoms with Crippen molar-refractivity contribution in [2.45, 2.75) is 6.54 Å². The Kier molecular flexibility index (Phi) is 2.16. The first-order chi connectivity index (χ1) is 6.79. The van der Waals surface area contributed by atoms with Crippen molar-refractivity contribution < 1.29 is 9.52 Å². The van der Waals surface area contributed by atoms with Crippen LogP contribution in [0.1, 0.15) is 5.89 Å². The third-order valence-electron chi connectivity index (χ3n) is 1.76. The van der Waals surface area contributed by atoms with E-state index in [1.165, 1.54) is 0 Å². The minimum atomic E-state index is 0.201. The Balaban J connectivity index is 2.34. The lowest BCUT2D eigenvalue weighted by Crippen LogP contribution is -1.95. The SMILES string of the molecule is NCc1nnc(-c2ccc(O)cc2)o1. The first-order valence-electron chi connectivity index (χ1n) is 4.11. The third-order valence-corrected chi connectivity index (χ3v) is 1.76. The lowest BCUT2D eigenvalue weighted by atomic mass is 10.2. The molecule has 0 atom stereocenters. The summed E-state index contributed by atoms with van der Waals surface area (Å²) in [6, 6.07) is 6.51. The second-order valence-electron chi connectivity index (χ2n) is 2.75. The molecular formula is C9H9N3O2. The molecule has 0 amide bonds. The van der Waals surface area contributed by atoms with E-state index < -0.39 is 0 Å². The Morgan fingerprint density at radius 1 is 1.21 bits per heavy atom. The van der Waals surface area contributed by atoms with E-state index in [1.807, 2.05) is 0 Å². The predicted molar refractivity (Wildman–Crippen MR) is 49.3 cm³/mol. The van der Waals surface area contributed by atoms with Crippen LogP contribution in [0.5, 0.6) is 5.75 Å². The predicted octanol–water partition coefficient (Wildman–Crippen LogP) is 0.901. The van der Waals surface area contributed by atoms with Gasteiger partial charge < -0.3 is 15.3 Å². The van der Waals surface area contributed by atoms with Gasteiger partial charge in [-0.25, -0.2) is 0 Å². The number of aromatic nitrogens is 2. The number of benzene rings is 1. The first kappa shape index (κ1) is 8.71. The molecule has 5 nitrogen and oxygen atoms in total. The highest BCUT2D eigenvalue weighted by Crippen LogP contribution is 2.20. The van der Waals surface area contributed by atoms with Crippen LogP contribution in [0.15, 0.2) is 28.7 Å². The number of rotatable bonds is 2. The van der Waals surface area contributed by atoms with Crippen molar-refractivity contribution in [2.24, 2.45) is 5.73 Å². The minimum Gasteiger partial charge on any atom is -0.508 e. The highest BCUT2D eigenvalue weighted by Gasteiger charge is 2.06. The molecule has 72 valence electrons. The molecule has 5 heteroatoms. The molecule has 2 rings (SSSR count). The minimum absolute atomic E-state index is 0.201. The lowest BCUT2D eigenvalue weighted by Gasteiger charge is -1.94. The molecule has 0 fully saturated rings. The molecule has 1 aromatic carbocycles. The molecule has 1 aromatic heterocycles. The van der Waals surface area contributed by atoms with Crippen LogP contribution >= 0.6 is 0 Å². The average molecular weight is 191 g/mol. The van der Waals surface area contributed by atoms with Gasteiger partial charge in [0.1, 0.15) is 5.75 Å². The summed E-state index contributed by atoms with van der Waals surface area (Å²) < 4.78 is 5.23. The Hall–Kier alpha value is -1.88. The van der Waals surface area contributed by atoms with E-state index >= 15 is 0 Å². The van der Waals surface area contributed by atoms with Crippen LogP contribution in [-0.2, 0) is 6.54 Å². The molecule has 0 spiro atoms. The molecule has 0 aliphatic rings. The highest BCUT2D eigenvalue weighted by molar-refractivity contribution is 5.53. The number of phenolic OH excluding ortho intramolecular Hbond substituents is 1. The van der Waals surface area contributed by atoms with E-state index in [2.05, 4.69) is 10.2 Å². The average Bonchev–Trinajstić information content (AvgIpc) is 2.67. The molecule has 0 bridgehead atoms. The van der Waals surface area contributed by atoms with Crippen molar-refractivity contribution in [2.75, 3.05) is 0 Å². The molecule has 1 heterocycles. The van der Waals surface area contributed by atoms with Gasteiger partial charge in [0.2, 0.25) is 11.8 Å². The van der Waals surface area contributed by atoms with Crippen molar-refractivity contribution >= 4 is 0 Å². The van der Waals surface area contributed by atoms with Crippen LogP contribution < -0.4 is 5.73 Å². The van der Waals surface area contributed by atoms with Gasteiger partial charge in [-0.2, -0.15) is 0 Å². The van der Waals surface area contributed by atoms with E-state index in [1.54, 1.807) is 24.3 Å². The third kappa shape index (κ3) is 1.57. The molecule has 3 N–H and O–H groups in total. The Bertz CT molecular complexity index is 422. The Labute approximate surface area is 80.2 Å².